The Balaban J connectivity index is 2.25. The molecule has 0 aliphatic heterocycles. The number of carboxylic acids is 2. The maximum absolute atomic E-state index is 11.7. The van der Waals surface area contributed by atoms with E-state index in [4.69, 9.17) is 10.2 Å². The lowest BCUT2D eigenvalue weighted by Crippen LogP contribution is -2.40. The summed E-state index contributed by atoms with van der Waals surface area (Å²) in [5, 5.41) is 37.9. The predicted octanol–water partition coefficient (Wildman–Crippen LogP) is -1.05. The maximum Gasteiger partial charge on any atom is 0.317 e. The van der Waals surface area contributed by atoms with Crippen LogP contribution in [0, 0.1) is 0 Å². The zero-order valence-corrected chi connectivity index (χ0v) is 15.9. The fourth-order valence-corrected chi connectivity index (χ4v) is 2.81. The van der Waals surface area contributed by atoms with Gasteiger partial charge in [-0.05, 0) is 0 Å². The smallest absolute Gasteiger partial charge is 0.317 e. The minimum absolute atomic E-state index is 0.0216. The summed E-state index contributed by atoms with van der Waals surface area (Å²) in [4.78, 5) is 53.6. The highest BCUT2D eigenvalue weighted by atomic mass is 16.4. The molecule has 0 fully saturated rings. The van der Waals surface area contributed by atoms with Crippen LogP contribution < -0.4 is 10.9 Å². The molecule has 0 aliphatic carbocycles. The van der Waals surface area contributed by atoms with Gasteiger partial charge in [-0.3, -0.25) is 29.0 Å². The number of nitrogens with one attached hydrogen (secondary N) is 2. The van der Waals surface area contributed by atoms with E-state index in [1.807, 2.05) is 0 Å². The van der Waals surface area contributed by atoms with Gasteiger partial charge in [0.25, 0.3) is 0 Å². The van der Waals surface area contributed by atoms with Crippen LogP contribution in [0.25, 0.3) is 0 Å². The lowest BCUT2D eigenvalue weighted by molar-refractivity contribution is -0.141. The average molecular weight is 422 g/mol. The molecule has 6 N–H and O–H groups in total. The topological polar surface area (TPSA) is 187 Å². The van der Waals surface area contributed by atoms with Gasteiger partial charge in [0, 0.05) is 50.7 Å². The number of H-pyrrole nitrogens is 2. The third-order valence-corrected chi connectivity index (χ3v) is 4.24. The highest BCUT2D eigenvalue weighted by Crippen LogP contribution is 2.16. The quantitative estimate of drug-likeness (QED) is 0.261. The largest absolute Gasteiger partial charge is 0.503 e. The second-order valence-electron chi connectivity index (χ2n) is 6.55. The van der Waals surface area contributed by atoms with Gasteiger partial charge in [0.1, 0.15) is 0 Å². The molecule has 0 atom stereocenters. The Labute approximate surface area is 169 Å². The van der Waals surface area contributed by atoms with Crippen LogP contribution in [0.1, 0.15) is 11.4 Å². The fraction of sp³-hybridized carbons (Fsp3) is 0.333. The van der Waals surface area contributed by atoms with Crippen molar-refractivity contribution in [1.82, 2.24) is 19.8 Å². The van der Waals surface area contributed by atoms with E-state index in [2.05, 4.69) is 9.97 Å². The van der Waals surface area contributed by atoms with Crippen molar-refractivity contribution in [1.29, 1.82) is 0 Å². The van der Waals surface area contributed by atoms with Gasteiger partial charge in [0.15, 0.2) is 11.5 Å². The highest BCUT2D eigenvalue weighted by molar-refractivity contribution is 5.72. The lowest BCUT2D eigenvalue weighted by Gasteiger charge is -2.26. The number of aromatic nitrogens is 2. The van der Waals surface area contributed by atoms with Crippen molar-refractivity contribution in [2.24, 2.45) is 0 Å². The molecular weight excluding hydrogens is 400 g/mol. The van der Waals surface area contributed by atoms with Crippen LogP contribution in [0.3, 0.4) is 0 Å². The van der Waals surface area contributed by atoms with Crippen LogP contribution in [-0.4, -0.2) is 78.3 Å². The van der Waals surface area contributed by atoms with Crippen LogP contribution in [0.2, 0.25) is 0 Å². The Hall–Kier alpha value is -3.64. The van der Waals surface area contributed by atoms with E-state index in [0.717, 1.165) is 12.1 Å². The number of aliphatic carboxylic acids is 2. The number of hydrogen-bond acceptors (Lipinski definition) is 8. The summed E-state index contributed by atoms with van der Waals surface area (Å²) in [6, 6.07) is 2.29. The second kappa shape index (κ2) is 10.2. The molecule has 0 aromatic carbocycles. The maximum atomic E-state index is 11.7. The van der Waals surface area contributed by atoms with Crippen molar-refractivity contribution >= 4 is 11.9 Å². The van der Waals surface area contributed by atoms with E-state index in [9.17, 15) is 29.4 Å². The summed E-state index contributed by atoms with van der Waals surface area (Å²) < 4.78 is 0. The molecule has 12 heteroatoms. The van der Waals surface area contributed by atoms with E-state index in [1.54, 1.807) is 4.90 Å². The zero-order valence-electron chi connectivity index (χ0n) is 15.9. The van der Waals surface area contributed by atoms with Crippen LogP contribution in [0.5, 0.6) is 11.5 Å². The molecule has 2 aromatic rings. The van der Waals surface area contributed by atoms with E-state index in [-0.39, 0.29) is 37.6 Å². The van der Waals surface area contributed by atoms with Crippen molar-refractivity contribution in [2.75, 3.05) is 26.2 Å². The molecule has 0 amide bonds. The van der Waals surface area contributed by atoms with Crippen LogP contribution in [-0.2, 0) is 22.7 Å². The van der Waals surface area contributed by atoms with Gasteiger partial charge in [-0.2, -0.15) is 0 Å². The van der Waals surface area contributed by atoms with Crippen molar-refractivity contribution in [2.45, 2.75) is 13.1 Å². The molecule has 162 valence electrons. The average Bonchev–Trinajstić information content (AvgIpc) is 2.66. The third kappa shape index (κ3) is 6.46. The Kier molecular flexibility index (Phi) is 7.72. The van der Waals surface area contributed by atoms with E-state index in [1.165, 1.54) is 17.3 Å². The lowest BCUT2D eigenvalue weighted by atomic mass is 10.2. The summed E-state index contributed by atoms with van der Waals surface area (Å²) >= 11 is 0. The number of aromatic amines is 2. The number of nitrogens with zero attached hydrogens (tertiary/aromatic N) is 2. The van der Waals surface area contributed by atoms with E-state index >= 15 is 0 Å². The van der Waals surface area contributed by atoms with Gasteiger partial charge in [0.05, 0.1) is 24.5 Å². The Morgan fingerprint density at radius 3 is 1.57 bits per heavy atom. The van der Waals surface area contributed by atoms with Crippen molar-refractivity contribution in [3.05, 3.63) is 56.4 Å². The molecule has 0 spiro atoms. The minimum Gasteiger partial charge on any atom is -0.503 e. The van der Waals surface area contributed by atoms with Gasteiger partial charge >= 0.3 is 11.9 Å². The zero-order chi connectivity index (χ0) is 22.3. The first-order valence-electron chi connectivity index (χ1n) is 8.84. The highest BCUT2D eigenvalue weighted by Gasteiger charge is 2.18. The van der Waals surface area contributed by atoms with Crippen molar-refractivity contribution in [3.8, 4) is 11.5 Å². The summed E-state index contributed by atoms with van der Waals surface area (Å²) in [5.41, 5.74) is -0.859. The molecule has 2 heterocycles. The monoisotopic (exact) mass is 422 g/mol. The molecular formula is C18H22N4O8. The summed E-state index contributed by atoms with van der Waals surface area (Å²) in [5.74, 6) is -3.39. The molecule has 0 saturated heterocycles. The summed E-state index contributed by atoms with van der Waals surface area (Å²) in [6.45, 7) is -0.915. The van der Waals surface area contributed by atoms with Gasteiger partial charge in [0.2, 0.25) is 10.9 Å². The number of aromatic hydroxyl groups is 2. The molecule has 2 rings (SSSR count). The van der Waals surface area contributed by atoms with Crippen LogP contribution >= 0.6 is 0 Å². The first-order chi connectivity index (χ1) is 14.2. The van der Waals surface area contributed by atoms with Crippen molar-refractivity contribution < 1.29 is 30.0 Å². The molecule has 0 radical (unpaired) electrons. The Morgan fingerprint density at radius 2 is 1.17 bits per heavy atom. The summed E-state index contributed by atoms with van der Waals surface area (Å²) in [7, 11) is 0. The number of carboxylic acid groups (broad SMARTS) is 2. The van der Waals surface area contributed by atoms with Gasteiger partial charge < -0.3 is 30.4 Å². The molecule has 2 aromatic heterocycles. The molecule has 0 aliphatic rings. The third-order valence-electron chi connectivity index (χ3n) is 4.24. The Morgan fingerprint density at radius 1 is 0.767 bits per heavy atom. The van der Waals surface area contributed by atoms with Gasteiger partial charge in [-0.25, -0.2) is 0 Å². The van der Waals surface area contributed by atoms with Gasteiger partial charge in [-0.1, -0.05) is 0 Å². The van der Waals surface area contributed by atoms with E-state index in [0.29, 0.717) is 0 Å². The second-order valence-corrected chi connectivity index (χ2v) is 6.55. The predicted molar refractivity (Wildman–Crippen MR) is 103 cm³/mol. The fourth-order valence-electron chi connectivity index (χ4n) is 2.81. The van der Waals surface area contributed by atoms with E-state index < -0.39 is 47.4 Å². The minimum atomic E-state index is -1.20. The summed E-state index contributed by atoms with van der Waals surface area (Å²) in [6.07, 6.45) is 2.69. The van der Waals surface area contributed by atoms with Crippen LogP contribution in [0.4, 0.5) is 0 Å². The molecule has 0 bridgehead atoms. The SMILES string of the molecule is O=C(O)CN(CCN(Cc1[nH]ccc(=O)c1O)Cc1[nH]ccc(=O)c1O)CC(=O)O. The molecule has 12 nitrogen and oxygen atoms in total. The van der Waals surface area contributed by atoms with Crippen molar-refractivity contribution in [3.63, 3.8) is 0 Å². The first-order valence-corrected chi connectivity index (χ1v) is 8.84. The number of pyridine rings is 2. The number of carbonyl (C=O) groups is 2. The normalized spacial score (nSPS) is 11.1. The standard InChI is InChI=1S/C18H22N4O8/c23-13-1-3-19-11(17(13)29)7-21(8-12-18(30)14(24)2-4-20-12)5-6-22(9-15(25)26)10-16(27)28/h1-4,29-30H,5-10H2,(H,19,23)(H,20,24)(H,25,26)(H,27,28). The molecule has 0 saturated carbocycles. The van der Waals surface area contributed by atoms with Gasteiger partial charge in [-0.15, -0.1) is 0 Å². The number of rotatable bonds is 11. The van der Waals surface area contributed by atoms with Crippen LogP contribution in [0.15, 0.2) is 34.1 Å². The Bertz CT molecular complexity index is 938. The first kappa shape index (κ1) is 22.6. The molecule has 0 unspecified atom stereocenters. The molecule has 30 heavy (non-hydrogen) atoms. The number of hydrogen-bond donors (Lipinski definition) is 6.